The quantitative estimate of drug-likeness (QED) is 0.880. The number of benzene rings is 2. The smallest absolute Gasteiger partial charge is 0.258 e. The topological polar surface area (TPSA) is 49.4 Å². The minimum Gasteiger partial charge on any atom is -0.320 e. The molecule has 3 rings (SSSR count). The van der Waals surface area contributed by atoms with Gasteiger partial charge in [-0.1, -0.05) is 17.7 Å². The van der Waals surface area contributed by atoms with Gasteiger partial charge in [-0.3, -0.25) is 14.5 Å². The van der Waals surface area contributed by atoms with Crippen molar-refractivity contribution >= 4 is 34.8 Å². The predicted octanol–water partition coefficient (Wildman–Crippen LogP) is 3.08. The Bertz CT molecular complexity index is 731. The molecular formula is C15H10ClFN2O2. The van der Waals surface area contributed by atoms with E-state index in [9.17, 15) is 14.0 Å². The number of para-hydroxylation sites is 1. The van der Waals surface area contributed by atoms with Crippen LogP contribution in [0.3, 0.4) is 0 Å². The monoisotopic (exact) mass is 304 g/mol. The van der Waals surface area contributed by atoms with Crippen molar-refractivity contribution in [2.75, 3.05) is 16.8 Å². The zero-order valence-electron chi connectivity index (χ0n) is 10.8. The van der Waals surface area contributed by atoms with Gasteiger partial charge in [0.2, 0.25) is 5.91 Å². The van der Waals surface area contributed by atoms with Crippen molar-refractivity contribution in [1.82, 2.24) is 0 Å². The Hall–Kier alpha value is -2.40. The Kier molecular flexibility index (Phi) is 3.35. The summed E-state index contributed by atoms with van der Waals surface area (Å²) in [4.78, 5) is 25.4. The summed E-state index contributed by atoms with van der Waals surface area (Å²) in [6.45, 7) is -0.155. The number of fused-ring (bicyclic) bond motifs is 1. The Labute approximate surface area is 125 Å². The van der Waals surface area contributed by atoms with Crippen LogP contribution in [0.2, 0.25) is 5.02 Å². The van der Waals surface area contributed by atoms with Crippen LogP contribution in [0.5, 0.6) is 0 Å². The van der Waals surface area contributed by atoms with Crippen molar-refractivity contribution in [3.05, 3.63) is 58.9 Å². The zero-order chi connectivity index (χ0) is 15.0. The summed E-state index contributed by atoms with van der Waals surface area (Å²) in [5.41, 5.74) is 0.745. The molecule has 0 aromatic heterocycles. The molecular weight excluding hydrogens is 295 g/mol. The number of hydrogen-bond acceptors (Lipinski definition) is 2. The fourth-order valence-electron chi connectivity index (χ4n) is 2.20. The van der Waals surface area contributed by atoms with Crippen LogP contribution < -0.4 is 10.2 Å². The summed E-state index contributed by atoms with van der Waals surface area (Å²) in [6.07, 6.45) is 0. The SMILES string of the molecule is O=C1CN(C(=O)c2ccc(Cl)cc2)c2cccc(F)c2N1. The van der Waals surface area contributed by atoms with E-state index < -0.39 is 11.7 Å². The van der Waals surface area contributed by atoms with E-state index in [0.717, 1.165) is 0 Å². The molecule has 2 aromatic rings. The van der Waals surface area contributed by atoms with Gasteiger partial charge in [0.1, 0.15) is 18.0 Å². The van der Waals surface area contributed by atoms with Gasteiger partial charge in [0.25, 0.3) is 5.91 Å². The Morgan fingerprint density at radius 2 is 1.90 bits per heavy atom. The zero-order valence-corrected chi connectivity index (χ0v) is 11.5. The molecule has 1 N–H and O–H groups in total. The molecule has 0 spiro atoms. The Morgan fingerprint density at radius 1 is 1.19 bits per heavy atom. The number of carbonyl (C=O) groups is 2. The molecule has 0 radical (unpaired) electrons. The summed E-state index contributed by atoms with van der Waals surface area (Å²) >= 11 is 5.79. The van der Waals surface area contributed by atoms with Crippen LogP contribution in [0.4, 0.5) is 15.8 Å². The van der Waals surface area contributed by atoms with E-state index in [1.54, 1.807) is 30.3 Å². The van der Waals surface area contributed by atoms with E-state index in [2.05, 4.69) is 5.32 Å². The molecule has 0 aliphatic carbocycles. The van der Waals surface area contributed by atoms with Gasteiger partial charge in [0, 0.05) is 10.6 Å². The Morgan fingerprint density at radius 3 is 2.62 bits per heavy atom. The summed E-state index contributed by atoms with van der Waals surface area (Å²) in [5.74, 6) is -1.39. The number of hydrogen-bond donors (Lipinski definition) is 1. The highest BCUT2D eigenvalue weighted by molar-refractivity contribution is 6.30. The first-order valence-electron chi connectivity index (χ1n) is 6.22. The van der Waals surface area contributed by atoms with Crippen LogP contribution in [-0.4, -0.2) is 18.4 Å². The van der Waals surface area contributed by atoms with Crippen molar-refractivity contribution in [1.29, 1.82) is 0 Å². The molecule has 0 atom stereocenters. The number of nitrogens with zero attached hydrogens (tertiary/aromatic N) is 1. The molecule has 6 heteroatoms. The van der Waals surface area contributed by atoms with Crippen molar-refractivity contribution in [3.63, 3.8) is 0 Å². The number of carbonyl (C=O) groups excluding carboxylic acids is 2. The van der Waals surface area contributed by atoms with Crippen molar-refractivity contribution in [3.8, 4) is 0 Å². The van der Waals surface area contributed by atoms with E-state index >= 15 is 0 Å². The molecule has 0 saturated carbocycles. The maximum atomic E-state index is 13.8. The minimum atomic E-state index is -0.575. The molecule has 0 saturated heterocycles. The van der Waals surface area contributed by atoms with Gasteiger partial charge in [0.15, 0.2) is 0 Å². The van der Waals surface area contributed by atoms with Crippen LogP contribution >= 0.6 is 11.6 Å². The van der Waals surface area contributed by atoms with Crippen LogP contribution in [-0.2, 0) is 4.79 Å². The molecule has 1 heterocycles. The maximum absolute atomic E-state index is 13.8. The van der Waals surface area contributed by atoms with E-state index in [-0.39, 0.29) is 18.1 Å². The van der Waals surface area contributed by atoms with Gasteiger partial charge in [0.05, 0.1) is 5.69 Å². The van der Waals surface area contributed by atoms with Crippen LogP contribution in [0.15, 0.2) is 42.5 Å². The molecule has 21 heavy (non-hydrogen) atoms. The third kappa shape index (κ3) is 2.48. The third-order valence-electron chi connectivity index (χ3n) is 3.18. The summed E-state index contributed by atoms with van der Waals surface area (Å²) in [7, 11) is 0. The van der Waals surface area contributed by atoms with Gasteiger partial charge in [-0.25, -0.2) is 4.39 Å². The molecule has 0 fully saturated rings. The molecule has 2 aromatic carbocycles. The van der Waals surface area contributed by atoms with E-state index in [4.69, 9.17) is 11.6 Å². The molecule has 1 aliphatic heterocycles. The van der Waals surface area contributed by atoms with Crippen LogP contribution in [0, 0.1) is 5.82 Å². The lowest BCUT2D eigenvalue weighted by molar-refractivity contribution is -0.115. The molecule has 106 valence electrons. The van der Waals surface area contributed by atoms with Crippen molar-refractivity contribution in [2.45, 2.75) is 0 Å². The minimum absolute atomic E-state index is 0.0241. The van der Waals surface area contributed by atoms with Gasteiger partial charge in [-0.2, -0.15) is 0 Å². The number of amides is 2. The highest BCUT2D eigenvalue weighted by Crippen LogP contribution is 2.32. The van der Waals surface area contributed by atoms with E-state index in [1.807, 2.05) is 0 Å². The first-order chi connectivity index (χ1) is 10.1. The van der Waals surface area contributed by atoms with E-state index in [0.29, 0.717) is 16.3 Å². The summed E-state index contributed by atoms with van der Waals surface area (Å²) in [6, 6.07) is 10.6. The van der Waals surface area contributed by atoms with Crippen LogP contribution in [0.1, 0.15) is 10.4 Å². The third-order valence-corrected chi connectivity index (χ3v) is 3.44. The first-order valence-corrected chi connectivity index (χ1v) is 6.60. The second-order valence-electron chi connectivity index (χ2n) is 4.58. The number of rotatable bonds is 1. The highest BCUT2D eigenvalue weighted by Gasteiger charge is 2.29. The largest absolute Gasteiger partial charge is 0.320 e. The standard InChI is InChI=1S/C15H10ClFN2O2/c16-10-6-4-9(5-7-10)15(21)19-8-13(20)18-14-11(17)2-1-3-12(14)19/h1-7H,8H2,(H,18,20). The fraction of sp³-hybridized carbons (Fsp3) is 0.0667. The average molecular weight is 305 g/mol. The second-order valence-corrected chi connectivity index (χ2v) is 5.02. The van der Waals surface area contributed by atoms with Crippen molar-refractivity contribution < 1.29 is 14.0 Å². The number of nitrogens with one attached hydrogen (secondary N) is 1. The first kappa shape index (κ1) is 13.6. The lowest BCUT2D eigenvalue weighted by Crippen LogP contribution is -2.42. The highest BCUT2D eigenvalue weighted by atomic mass is 35.5. The average Bonchev–Trinajstić information content (AvgIpc) is 2.47. The van der Waals surface area contributed by atoms with E-state index in [1.165, 1.54) is 17.0 Å². The lowest BCUT2D eigenvalue weighted by atomic mass is 10.1. The number of halogens is 2. The normalized spacial score (nSPS) is 13.6. The predicted molar refractivity (Wildman–Crippen MR) is 78.2 cm³/mol. The van der Waals surface area contributed by atoms with Crippen LogP contribution in [0.25, 0.3) is 0 Å². The maximum Gasteiger partial charge on any atom is 0.258 e. The molecule has 0 bridgehead atoms. The summed E-state index contributed by atoms with van der Waals surface area (Å²) < 4.78 is 13.8. The van der Waals surface area contributed by atoms with Gasteiger partial charge in [-0.15, -0.1) is 0 Å². The van der Waals surface area contributed by atoms with Crippen molar-refractivity contribution in [2.24, 2.45) is 0 Å². The number of anilines is 2. The van der Waals surface area contributed by atoms with Gasteiger partial charge in [-0.05, 0) is 36.4 Å². The second kappa shape index (κ2) is 5.18. The van der Waals surface area contributed by atoms with Gasteiger partial charge >= 0.3 is 0 Å². The summed E-state index contributed by atoms with van der Waals surface area (Å²) in [5, 5.41) is 2.95. The fourth-order valence-corrected chi connectivity index (χ4v) is 2.32. The van der Waals surface area contributed by atoms with Gasteiger partial charge < -0.3 is 5.32 Å². The Balaban J connectivity index is 2.03. The molecule has 2 amide bonds. The molecule has 1 aliphatic rings. The molecule has 0 unspecified atom stereocenters. The lowest BCUT2D eigenvalue weighted by Gasteiger charge is -2.29. The molecule has 4 nitrogen and oxygen atoms in total.